The smallest absolute Gasteiger partial charge is 0.287 e. The number of halogens is 1. The van der Waals surface area contributed by atoms with Crippen molar-refractivity contribution in [2.24, 2.45) is 5.41 Å². The Kier molecular flexibility index (Phi) is 4.28. The Morgan fingerprint density at radius 2 is 2.10 bits per heavy atom. The highest BCUT2D eigenvalue weighted by Crippen LogP contribution is 2.36. The van der Waals surface area contributed by atoms with Gasteiger partial charge in [-0.05, 0) is 30.4 Å². The van der Waals surface area contributed by atoms with E-state index in [9.17, 15) is 14.9 Å². The monoisotopic (exact) mass is 296 g/mol. The number of hydrogen-bond acceptors (Lipinski definition) is 3. The number of nitrogens with zero attached hydrogens (tertiary/aromatic N) is 1. The van der Waals surface area contributed by atoms with Gasteiger partial charge in [0.05, 0.1) is 4.92 Å². The van der Waals surface area contributed by atoms with Crippen LogP contribution in [0.15, 0.2) is 18.2 Å². The highest BCUT2D eigenvalue weighted by atomic mass is 35.5. The fourth-order valence-electron chi connectivity index (χ4n) is 2.60. The molecule has 1 amide bonds. The predicted molar refractivity (Wildman–Crippen MR) is 77.0 cm³/mol. The van der Waals surface area contributed by atoms with Crippen molar-refractivity contribution < 1.29 is 9.72 Å². The minimum absolute atomic E-state index is 0.0188. The second kappa shape index (κ2) is 5.79. The van der Waals surface area contributed by atoms with Crippen LogP contribution in [0.1, 0.15) is 43.0 Å². The molecule has 1 saturated carbocycles. The molecule has 0 bridgehead atoms. The number of nitro groups is 1. The highest BCUT2D eigenvalue weighted by Gasteiger charge is 2.29. The number of hydrogen-bond donors (Lipinski definition) is 1. The van der Waals surface area contributed by atoms with Crippen molar-refractivity contribution in [1.82, 2.24) is 5.32 Å². The van der Waals surface area contributed by atoms with Gasteiger partial charge in [-0.25, -0.2) is 0 Å². The third-order valence-corrected chi connectivity index (χ3v) is 4.20. The lowest BCUT2D eigenvalue weighted by Gasteiger charge is -2.23. The molecule has 0 aliphatic heterocycles. The summed E-state index contributed by atoms with van der Waals surface area (Å²) >= 11 is 5.80. The maximum absolute atomic E-state index is 12.0. The zero-order valence-corrected chi connectivity index (χ0v) is 12.1. The summed E-state index contributed by atoms with van der Waals surface area (Å²) in [5, 5.41) is 13.5. The molecule has 0 atom stereocenters. The fourth-order valence-corrected chi connectivity index (χ4v) is 2.85. The molecule has 1 aliphatic rings. The first-order valence-corrected chi connectivity index (χ1v) is 7.01. The molecule has 0 aromatic heterocycles. The lowest BCUT2D eigenvalue weighted by Crippen LogP contribution is -2.34. The molecule has 0 spiro atoms. The average Bonchev–Trinajstić information content (AvgIpc) is 2.83. The molecular weight excluding hydrogens is 280 g/mol. The number of nitro benzene ring substituents is 1. The third kappa shape index (κ3) is 3.28. The van der Waals surface area contributed by atoms with Crippen molar-refractivity contribution in [3.8, 4) is 0 Å². The van der Waals surface area contributed by atoms with E-state index >= 15 is 0 Å². The minimum Gasteiger partial charge on any atom is -0.351 e. The van der Waals surface area contributed by atoms with Crippen LogP contribution in [0, 0.1) is 15.5 Å². The Hall–Kier alpha value is -1.62. The van der Waals surface area contributed by atoms with E-state index in [-0.39, 0.29) is 22.0 Å². The first-order chi connectivity index (χ1) is 9.41. The predicted octanol–water partition coefficient (Wildman–Crippen LogP) is 3.56. The molecule has 2 rings (SSSR count). The number of rotatable bonds is 4. The first-order valence-electron chi connectivity index (χ1n) is 6.63. The molecule has 0 unspecified atom stereocenters. The number of carbonyl (C=O) groups is 1. The number of carbonyl (C=O) groups excluding carboxylic acids is 1. The molecule has 108 valence electrons. The van der Waals surface area contributed by atoms with E-state index in [1.54, 1.807) is 0 Å². The van der Waals surface area contributed by atoms with Crippen LogP contribution in [-0.2, 0) is 0 Å². The van der Waals surface area contributed by atoms with Gasteiger partial charge in [-0.3, -0.25) is 14.9 Å². The second-order valence-electron chi connectivity index (χ2n) is 5.62. The van der Waals surface area contributed by atoms with Crippen LogP contribution in [0.4, 0.5) is 5.69 Å². The number of amides is 1. The average molecular weight is 297 g/mol. The van der Waals surface area contributed by atoms with E-state index in [1.807, 2.05) is 0 Å². The van der Waals surface area contributed by atoms with Crippen LogP contribution < -0.4 is 5.32 Å². The molecule has 0 saturated heterocycles. The highest BCUT2D eigenvalue weighted by molar-refractivity contribution is 6.33. The summed E-state index contributed by atoms with van der Waals surface area (Å²) in [6.45, 7) is 2.80. The lowest BCUT2D eigenvalue weighted by atomic mass is 9.89. The normalized spacial score (nSPS) is 16.9. The summed E-state index contributed by atoms with van der Waals surface area (Å²) in [6, 6.07) is 4.02. The van der Waals surface area contributed by atoms with Gasteiger partial charge in [0.15, 0.2) is 0 Å². The maximum Gasteiger partial charge on any atom is 0.287 e. The summed E-state index contributed by atoms with van der Waals surface area (Å²) in [7, 11) is 0. The van der Waals surface area contributed by atoms with E-state index in [0.717, 1.165) is 12.8 Å². The molecule has 1 aliphatic carbocycles. The molecule has 6 heteroatoms. The Bertz CT molecular complexity index is 539. The SMILES string of the molecule is CC1(CNC(=O)c2ccc([N+](=O)[O-])c(Cl)c2)CCCC1. The van der Waals surface area contributed by atoms with Gasteiger partial charge >= 0.3 is 0 Å². The van der Waals surface area contributed by atoms with Crippen LogP contribution in [0.3, 0.4) is 0 Å². The lowest BCUT2D eigenvalue weighted by molar-refractivity contribution is -0.384. The van der Waals surface area contributed by atoms with E-state index < -0.39 is 4.92 Å². The van der Waals surface area contributed by atoms with Gasteiger partial charge in [-0.15, -0.1) is 0 Å². The Morgan fingerprint density at radius 1 is 1.45 bits per heavy atom. The quantitative estimate of drug-likeness (QED) is 0.682. The van der Waals surface area contributed by atoms with E-state index in [1.165, 1.54) is 31.0 Å². The van der Waals surface area contributed by atoms with Gasteiger partial charge in [-0.1, -0.05) is 31.4 Å². The molecule has 20 heavy (non-hydrogen) atoms. The van der Waals surface area contributed by atoms with E-state index in [0.29, 0.717) is 12.1 Å². The minimum atomic E-state index is -0.566. The Balaban J connectivity index is 2.02. The van der Waals surface area contributed by atoms with Crippen LogP contribution in [0.2, 0.25) is 5.02 Å². The second-order valence-corrected chi connectivity index (χ2v) is 6.03. The zero-order valence-electron chi connectivity index (χ0n) is 11.3. The zero-order chi connectivity index (χ0) is 14.8. The summed E-state index contributed by atoms with van der Waals surface area (Å²) in [5.41, 5.74) is 0.327. The first kappa shape index (κ1) is 14.8. The topological polar surface area (TPSA) is 72.2 Å². The molecule has 0 heterocycles. The van der Waals surface area contributed by atoms with E-state index in [4.69, 9.17) is 11.6 Å². The molecule has 1 N–H and O–H groups in total. The van der Waals surface area contributed by atoms with Crippen molar-refractivity contribution in [3.63, 3.8) is 0 Å². The van der Waals surface area contributed by atoms with Crippen molar-refractivity contribution in [2.45, 2.75) is 32.6 Å². The van der Waals surface area contributed by atoms with Crippen molar-refractivity contribution in [1.29, 1.82) is 0 Å². The van der Waals surface area contributed by atoms with Gasteiger partial charge in [0.2, 0.25) is 0 Å². The standard InChI is InChI=1S/C14H17ClN2O3/c1-14(6-2-3-7-14)9-16-13(18)10-4-5-12(17(19)20)11(15)8-10/h4-5,8H,2-3,6-7,9H2,1H3,(H,16,18). The number of nitrogens with one attached hydrogen (secondary N) is 1. The largest absolute Gasteiger partial charge is 0.351 e. The van der Waals surface area contributed by atoms with Crippen molar-refractivity contribution >= 4 is 23.2 Å². The van der Waals surface area contributed by atoms with Crippen molar-refractivity contribution in [3.05, 3.63) is 38.9 Å². The Morgan fingerprint density at radius 3 is 2.65 bits per heavy atom. The van der Waals surface area contributed by atoms with Crippen LogP contribution in [0.5, 0.6) is 0 Å². The molecule has 1 aromatic rings. The molecule has 1 fully saturated rings. The van der Waals surface area contributed by atoms with Crippen LogP contribution in [0.25, 0.3) is 0 Å². The van der Waals surface area contributed by atoms with Gasteiger partial charge in [0.1, 0.15) is 5.02 Å². The van der Waals surface area contributed by atoms with Gasteiger partial charge < -0.3 is 5.32 Å². The van der Waals surface area contributed by atoms with Crippen LogP contribution >= 0.6 is 11.6 Å². The molecule has 1 aromatic carbocycles. The van der Waals surface area contributed by atoms with Crippen molar-refractivity contribution in [2.75, 3.05) is 6.54 Å². The molecular formula is C14H17ClN2O3. The molecule has 0 radical (unpaired) electrons. The van der Waals surface area contributed by atoms with Gasteiger partial charge in [0, 0.05) is 18.2 Å². The van der Waals surface area contributed by atoms with Gasteiger partial charge in [-0.2, -0.15) is 0 Å². The van der Waals surface area contributed by atoms with E-state index in [2.05, 4.69) is 12.2 Å². The molecule has 5 nitrogen and oxygen atoms in total. The number of benzene rings is 1. The maximum atomic E-state index is 12.0. The third-order valence-electron chi connectivity index (χ3n) is 3.89. The summed E-state index contributed by atoms with van der Waals surface area (Å²) < 4.78 is 0. The summed E-state index contributed by atoms with van der Waals surface area (Å²) in [4.78, 5) is 22.1. The fraction of sp³-hybridized carbons (Fsp3) is 0.500. The van der Waals surface area contributed by atoms with Crippen LogP contribution in [-0.4, -0.2) is 17.4 Å². The summed E-state index contributed by atoms with van der Waals surface area (Å²) in [6.07, 6.45) is 4.65. The Labute approximate surface area is 122 Å². The summed E-state index contributed by atoms with van der Waals surface area (Å²) in [5.74, 6) is -0.241. The van der Waals surface area contributed by atoms with Gasteiger partial charge in [0.25, 0.3) is 11.6 Å².